The maximum absolute atomic E-state index is 12.3. The minimum absolute atomic E-state index is 0.0612. The van der Waals surface area contributed by atoms with Crippen LogP contribution in [0.1, 0.15) is 37.7 Å². The Morgan fingerprint density at radius 1 is 1.41 bits per heavy atom. The van der Waals surface area contributed by atoms with E-state index >= 15 is 0 Å². The Kier molecular flexibility index (Phi) is 5.85. The van der Waals surface area contributed by atoms with Crippen molar-refractivity contribution in [2.24, 2.45) is 0 Å². The minimum Gasteiger partial charge on any atom is -0.496 e. The van der Waals surface area contributed by atoms with Gasteiger partial charge in [-0.15, -0.1) is 0 Å². The van der Waals surface area contributed by atoms with Gasteiger partial charge in [-0.1, -0.05) is 30.9 Å². The molecule has 1 amide bonds. The van der Waals surface area contributed by atoms with E-state index in [2.05, 4.69) is 5.32 Å². The third kappa shape index (κ3) is 4.25. The minimum atomic E-state index is -0.337. The lowest BCUT2D eigenvalue weighted by molar-refractivity contribution is -0.117. The number of rotatable bonds is 4. The van der Waals surface area contributed by atoms with Gasteiger partial charge in [-0.25, -0.2) is 0 Å². The molecule has 0 atom stereocenters. The summed E-state index contributed by atoms with van der Waals surface area (Å²) in [7, 11) is 1.54. The molecule has 0 unspecified atom stereocenters. The summed E-state index contributed by atoms with van der Waals surface area (Å²) < 4.78 is 5.23. The molecular formula is C17H19ClN2O2. The highest BCUT2D eigenvalue weighted by atomic mass is 35.5. The first-order valence-electron chi connectivity index (χ1n) is 7.40. The topological polar surface area (TPSA) is 62.1 Å². The van der Waals surface area contributed by atoms with Crippen LogP contribution in [-0.4, -0.2) is 19.1 Å². The Morgan fingerprint density at radius 2 is 2.14 bits per heavy atom. The van der Waals surface area contributed by atoms with E-state index in [0.717, 1.165) is 25.7 Å². The van der Waals surface area contributed by atoms with Gasteiger partial charge < -0.3 is 10.1 Å². The van der Waals surface area contributed by atoms with Crippen molar-refractivity contribution in [1.29, 1.82) is 5.26 Å². The van der Waals surface area contributed by atoms with Gasteiger partial charge in [0.1, 0.15) is 17.4 Å². The number of methoxy groups -OCH3 is 1. The average molecular weight is 319 g/mol. The second-order valence-corrected chi connectivity index (χ2v) is 5.80. The highest BCUT2D eigenvalue weighted by Gasteiger charge is 2.18. The molecule has 0 aliphatic heterocycles. The molecule has 116 valence electrons. The van der Waals surface area contributed by atoms with Gasteiger partial charge in [-0.05, 0) is 37.1 Å². The fraction of sp³-hybridized carbons (Fsp3) is 0.412. The maximum Gasteiger partial charge on any atom is 0.262 e. The fourth-order valence-electron chi connectivity index (χ4n) is 2.63. The van der Waals surface area contributed by atoms with E-state index in [9.17, 15) is 10.1 Å². The molecule has 0 heterocycles. The van der Waals surface area contributed by atoms with Crippen LogP contribution in [0, 0.1) is 11.3 Å². The van der Waals surface area contributed by atoms with Crippen LogP contribution in [-0.2, 0) is 4.79 Å². The molecule has 0 bridgehead atoms. The lowest BCUT2D eigenvalue weighted by atomic mass is 9.95. The van der Waals surface area contributed by atoms with Crippen LogP contribution in [0.15, 0.2) is 23.8 Å². The van der Waals surface area contributed by atoms with Gasteiger partial charge in [0.2, 0.25) is 0 Å². The van der Waals surface area contributed by atoms with Crippen LogP contribution in [0.25, 0.3) is 6.08 Å². The molecule has 4 nitrogen and oxygen atoms in total. The van der Waals surface area contributed by atoms with Gasteiger partial charge in [-0.2, -0.15) is 5.26 Å². The largest absolute Gasteiger partial charge is 0.496 e. The molecule has 1 fully saturated rings. The molecule has 1 aliphatic rings. The summed E-state index contributed by atoms with van der Waals surface area (Å²) in [6.07, 6.45) is 6.93. The van der Waals surface area contributed by atoms with E-state index in [-0.39, 0.29) is 17.5 Å². The Morgan fingerprint density at radius 3 is 2.77 bits per heavy atom. The second-order valence-electron chi connectivity index (χ2n) is 5.36. The summed E-state index contributed by atoms with van der Waals surface area (Å²) >= 11 is 5.97. The second kappa shape index (κ2) is 7.86. The molecule has 1 aromatic rings. The number of hydrogen-bond donors (Lipinski definition) is 1. The summed E-state index contributed by atoms with van der Waals surface area (Å²) in [4.78, 5) is 12.3. The standard InChI is InChI=1S/C17H19ClN2O2/c1-22-16-8-7-14(18)10-12(16)9-13(11-19)17(21)20-15-5-3-2-4-6-15/h7-10,15H,2-6H2,1H3,(H,20,21)/b13-9+. The number of nitrogens with zero attached hydrogens (tertiary/aromatic N) is 1. The number of hydrogen-bond acceptors (Lipinski definition) is 3. The number of amides is 1. The van der Waals surface area contributed by atoms with E-state index in [0.29, 0.717) is 16.3 Å². The van der Waals surface area contributed by atoms with Crippen molar-refractivity contribution in [2.45, 2.75) is 38.1 Å². The Hall–Kier alpha value is -1.99. The Labute approximate surface area is 135 Å². The molecule has 0 spiro atoms. The lowest BCUT2D eigenvalue weighted by Gasteiger charge is -2.22. The number of nitriles is 1. The molecule has 1 aliphatic carbocycles. The van der Waals surface area contributed by atoms with Crippen LogP contribution in [0.3, 0.4) is 0 Å². The van der Waals surface area contributed by atoms with Crippen LogP contribution in [0.2, 0.25) is 5.02 Å². The number of benzene rings is 1. The Balaban J connectivity index is 2.18. The van der Waals surface area contributed by atoms with Gasteiger partial charge >= 0.3 is 0 Å². The smallest absolute Gasteiger partial charge is 0.262 e. The zero-order chi connectivity index (χ0) is 15.9. The molecule has 1 N–H and O–H groups in total. The third-order valence-corrected chi connectivity index (χ3v) is 4.03. The van der Waals surface area contributed by atoms with Gasteiger partial charge in [-0.3, -0.25) is 4.79 Å². The number of nitrogens with one attached hydrogen (secondary N) is 1. The molecule has 2 rings (SSSR count). The Bertz CT molecular complexity index is 614. The average Bonchev–Trinajstić information content (AvgIpc) is 2.53. The van der Waals surface area contributed by atoms with Crippen molar-refractivity contribution in [2.75, 3.05) is 7.11 Å². The number of carbonyl (C=O) groups excluding carboxylic acids is 1. The number of ether oxygens (including phenoxy) is 1. The van der Waals surface area contributed by atoms with Crippen LogP contribution in [0.5, 0.6) is 5.75 Å². The SMILES string of the molecule is COc1ccc(Cl)cc1/C=C(\C#N)C(=O)NC1CCCCC1. The first-order valence-corrected chi connectivity index (χ1v) is 7.78. The zero-order valence-corrected chi connectivity index (χ0v) is 13.3. The first-order chi connectivity index (χ1) is 10.6. The van der Waals surface area contributed by atoms with Crippen LogP contribution >= 0.6 is 11.6 Å². The summed E-state index contributed by atoms with van der Waals surface area (Å²) in [5.74, 6) is 0.235. The van der Waals surface area contributed by atoms with E-state index < -0.39 is 0 Å². The van der Waals surface area contributed by atoms with Gasteiger partial charge in [0.15, 0.2) is 0 Å². The van der Waals surface area contributed by atoms with E-state index in [1.54, 1.807) is 18.2 Å². The van der Waals surface area contributed by atoms with Crippen molar-refractivity contribution in [3.63, 3.8) is 0 Å². The van der Waals surface area contributed by atoms with E-state index in [1.165, 1.54) is 19.6 Å². The van der Waals surface area contributed by atoms with Crippen LogP contribution < -0.4 is 10.1 Å². The molecule has 22 heavy (non-hydrogen) atoms. The molecule has 1 saturated carbocycles. The first kappa shape index (κ1) is 16.4. The summed E-state index contributed by atoms with van der Waals surface area (Å²) in [6.45, 7) is 0. The van der Waals surface area contributed by atoms with E-state index in [1.807, 2.05) is 6.07 Å². The highest BCUT2D eigenvalue weighted by Crippen LogP contribution is 2.25. The molecule has 1 aromatic carbocycles. The van der Waals surface area contributed by atoms with Crippen molar-refractivity contribution in [3.8, 4) is 11.8 Å². The molecule has 0 radical (unpaired) electrons. The van der Waals surface area contributed by atoms with Gasteiger partial charge in [0.05, 0.1) is 7.11 Å². The monoisotopic (exact) mass is 318 g/mol. The van der Waals surface area contributed by atoms with Crippen molar-refractivity contribution in [1.82, 2.24) is 5.32 Å². The van der Waals surface area contributed by atoms with E-state index in [4.69, 9.17) is 16.3 Å². The predicted octanol–water partition coefficient (Wildman–Crippen LogP) is 3.70. The highest BCUT2D eigenvalue weighted by molar-refractivity contribution is 6.30. The lowest BCUT2D eigenvalue weighted by Crippen LogP contribution is -2.36. The van der Waals surface area contributed by atoms with Gasteiger partial charge in [0, 0.05) is 16.6 Å². The number of halogens is 1. The van der Waals surface area contributed by atoms with Crippen molar-refractivity contribution >= 4 is 23.6 Å². The fourth-order valence-corrected chi connectivity index (χ4v) is 2.81. The predicted molar refractivity (Wildman–Crippen MR) is 86.6 cm³/mol. The quantitative estimate of drug-likeness (QED) is 0.680. The van der Waals surface area contributed by atoms with Crippen molar-refractivity contribution < 1.29 is 9.53 Å². The van der Waals surface area contributed by atoms with Crippen LogP contribution in [0.4, 0.5) is 0 Å². The zero-order valence-electron chi connectivity index (χ0n) is 12.6. The van der Waals surface area contributed by atoms with Gasteiger partial charge in [0.25, 0.3) is 5.91 Å². The normalized spacial score (nSPS) is 16.0. The maximum atomic E-state index is 12.3. The van der Waals surface area contributed by atoms with Crippen molar-refractivity contribution in [3.05, 3.63) is 34.4 Å². The number of carbonyl (C=O) groups is 1. The summed E-state index contributed by atoms with van der Waals surface area (Å²) in [5.41, 5.74) is 0.677. The molecule has 5 heteroatoms. The molecule has 0 aromatic heterocycles. The summed E-state index contributed by atoms with van der Waals surface area (Å²) in [5, 5.41) is 12.7. The molecule has 0 saturated heterocycles. The third-order valence-electron chi connectivity index (χ3n) is 3.80. The molecular weight excluding hydrogens is 300 g/mol. The summed E-state index contributed by atoms with van der Waals surface area (Å²) in [6, 6.07) is 7.21.